The molecule has 1 aromatic rings. The minimum atomic E-state index is 0.631. The molecule has 0 spiro atoms. The molecule has 1 atom stereocenters. The molecule has 1 aliphatic heterocycles. The first-order valence-corrected chi connectivity index (χ1v) is 10.2. The Morgan fingerprint density at radius 1 is 1.15 bits per heavy atom. The van der Waals surface area contributed by atoms with Gasteiger partial charge in [0.1, 0.15) is 0 Å². The van der Waals surface area contributed by atoms with E-state index in [0.717, 1.165) is 43.3 Å². The molecule has 1 aliphatic rings. The van der Waals surface area contributed by atoms with Crippen LogP contribution in [-0.2, 0) is 6.42 Å². The van der Waals surface area contributed by atoms with Crippen molar-refractivity contribution in [3.8, 4) is 17.2 Å². The van der Waals surface area contributed by atoms with Gasteiger partial charge >= 0.3 is 0 Å². The average molecular weight is 382 g/mol. The summed E-state index contributed by atoms with van der Waals surface area (Å²) in [5, 5.41) is 7.39. The summed E-state index contributed by atoms with van der Waals surface area (Å²) in [5.41, 5.74) is 1.07. The number of aliphatic imine (C=N–C) groups is 1. The number of methoxy groups -OCH3 is 3. The Morgan fingerprint density at radius 2 is 1.96 bits per heavy atom. The zero-order valence-corrected chi connectivity index (χ0v) is 17.1. The van der Waals surface area contributed by atoms with Crippen LogP contribution in [0, 0.1) is 0 Å². The molecule has 0 aromatic heterocycles. The molecule has 0 radical (unpaired) electrons. The lowest BCUT2D eigenvalue weighted by molar-refractivity contribution is 0.322. The Hall–Kier alpha value is -1.76. The predicted octanol–water partition coefficient (Wildman–Crippen LogP) is 2.71. The van der Waals surface area contributed by atoms with Crippen molar-refractivity contribution < 1.29 is 14.2 Å². The zero-order chi connectivity index (χ0) is 18.8. The summed E-state index contributed by atoms with van der Waals surface area (Å²) in [6.45, 7) is 4.57. The molecule has 1 saturated heterocycles. The number of guanidine groups is 1. The number of rotatable bonds is 9. The van der Waals surface area contributed by atoms with Crippen molar-refractivity contribution >= 4 is 17.7 Å². The van der Waals surface area contributed by atoms with Gasteiger partial charge in [0, 0.05) is 23.9 Å². The lowest BCUT2D eigenvalue weighted by Crippen LogP contribution is -2.38. The summed E-state index contributed by atoms with van der Waals surface area (Å²) < 4.78 is 16.3. The summed E-state index contributed by atoms with van der Waals surface area (Å²) >= 11 is 2.03. The van der Waals surface area contributed by atoms with Gasteiger partial charge < -0.3 is 24.8 Å². The van der Waals surface area contributed by atoms with Gasteiger partial charge in [-0.1, -0.05) is 6.07 Å². The van der Waals surface area contributed by atoms with E-state index < -0.39 is 0 Å². The molecule has 2 N–H and O–H groups in total. The lowest BCUT2D eigenvalue weighted by atomic mass is 10.1. The van der Waals surface area contributed by atoms with Crippen LogP contribution in [0.15, 0.2) is 17.1 Å². The molecule has 146 valence electrons. The zero-order valence-electron chi connectivity index (χ0n) is 16.3. The van der Waals surface area contributed by atoms with Crippen LogP contribution in [-0.4, -0.2) is 57.9 Å². The van der Waals surface area contributed by atoms with Crippen LogP contribution in [0.4, 0.5) is 0 Å². The molecule has 0 amide bonds. The lowest BCUT2D eigenvalue weighted by Gasteiger charge is -2.17. The van der Waals surface area contributed by atoms with Gasteiger partial charge in [0.25, 0.3) is 0 Å². The minimum Gasteiger partial charge on any atom is -0.493 e. The monoisotopic (exact) mass is 381 g/mol. The molecule has 1 fully saturated rings. The van der Waals surface area contributed by atoms with Crippen LogP contribution in [0.1, 0.15) is 25.3 Å². The maximum atomic E-state index is 5.55. The molecule has 1 heterocycles. The molecule has 0 aliphatic carbocycles. The number of hydrogen-bond donors (Lipinski definition) is 2. The molecule has 7 heteroatoms. The normalized spacial score (nSPS) is 17.1. The van der Waals surface area contributed by atoms with Gasteiger partial charge in [-0.3, -0.25) is 4.99 Å². The molecule has 26 heavy (non-hydrogen) atoms. The fourth-order valence-electron chi connectivity index (χ4n) is 3.00. The summed E-state index contributed by atoms with van der Waals surface area (Å²) in [5.74, 6) is 4.16. The molecular formula is C19H31N3O3S. The molecule has 2 rings (SSSR count). The third-order valence-corrected chi connectivity index (χ3v) is 5.67. The summed E-state index contributed by atoms with van der Waals surface area (Å²) in [6, 6.07) is 3.92. The number of nitrogens with one attached hydrogen (secondary N) is 2. The van der Waals surface area contributed by atoms with Crippen molar-refractivity contribution in [2.24, 2.45) is 4.99 Å². The van der Waals surface area contributed by atoms with Crippen LogP contribution >= 0.6 is 11.8 Å². The Bertz CT molecular complexity index is 590. The van der Waals surface area contributed by atoms with Crippen LogP contribution < -0.4 is 24.8 Å². The fraction of sp³-hybridized carbons (Fsp3) is 0.632. The van der Waals surface area contributed by atoms with Gasteiger partial charge in [0.05, 0.1) is 27.9 Å². The van der Waals surface area contributed by atoms with Crippen LogP contribution in [0.3, 0.4) is 0 Å². The van der Waals surface area contributed by atoms with Crippen molar-refractivity contribution in [1.82, 2.24) is 10.6 Å². The molecule has 1 aromatic carbocycles. The van der Waals surface area contributed by atoms with Gasteiger partial charge in [-0.2, -0.15) is 11.8 Å². The Kier molecular flexibility index (Phi) is 8.74. The van der Waals surface area contributed by atoms with Gasteiger partial charge in [-0.05, 0) is 38.0 Å². The second-order valence-electron chi connectivity index (χ2n) is 6.02. The van der Waals surface area contributed by atoms with Gasteiger partial charge in [-0.15, -0.1) is 0 Å². The predicted molar refractivity (Wildman–Crippen MR) is 109 cm³/mol. The van der Waals surface area contributed by atoms with E-state index in [1.165, 1.54) is 18.6 Å². The summed E-state index contributed by atoms with van der Waals surface area (Å²) in [7, 11) is 4.90. The first-order valence-electron chi connectivity index (χ1n) is 9.15. The SMILES string of the molecule is CCNC(=NCC1CCCS1)NCCc1ccc(OC)c(OC)c1OC. The van der Waals surface area contributed by atoms with Crippen LogP contribution in [0.25, 0.3) is 0 Å². The fourth-order valence-corrected chi connectivity index (χ4v) is 4.18. The highest BCUT2D eigenvalue weighted by Crippen LogP contribution is 2.39. The van der Waals surface area contributed by atoms with Crippen LogP contribution in [0.2, 0.25) is 0 Å². The molecule has 6 nitrogen and oxygen atoms in total. The van der Waals surface area contributed by atoms with Crippen LogP contribution in [0.5, 0.6) is 17.2 Å². The highest BCUT2D eigenvalue weighted by Gasteiger charge is 2.16. The molecule has 1 unspecified atom stereocenters. The van der Waals surface area contributed by atoms with E-state index in [1.54, 1.807) is 21.3 Å². The third kappa shape index (κ3) is 5.62. The number of hydrogen-bond acceptors (Lipinski definition) is 5. The average Bonchev–Trinajstić information content (AvgIpc) is 3.18. The highest BCUT2D eigenvalue weighted by atomic mass is 32.2. The number of thioether (sulfide) groups is 1. The Labute approximate surface area is 161 Å². The van der Waals surface area contributed by atoms with E-state index in [9.17, 15) is 0 Å². The van der Waals surface area contributed by atoms with E-state index in [1.807, 2.05) is 23.9 Å². The molecular weight excluding hydrogens is 350 g/mol. The van der Waals surface area contributed by atoms with E-state index in [0.29, 0.717) is 16.7 Å². The van der Waals surface area contributed by atoms with E-state index in [4.69, 9.17) is 19.2 Å². The van der Waals surface area contributed by atoms with Crippen molar-refractivity contribution in [3.63, 3.8) is 0 Å². The van der Waals surface area contributed by atoms with Crippen molar-refractivity contribution in [3.05, 3.63) is 17.7 Å². The van der Waals surface area contributed by atoms with Crippen molar-refractivity contribution in [2.75, 3.05) is 46.7 Å². The molecule has 0 saturated carbocycles. The maximum Gasteiger partial charge on any atom is 0.203 e. The maximum absolute atomic E-state index is 5.55. The second-order valence-corrected chi connectivity index (χ2v) is 7.43. The van der Waals surface area contributed by atoms with Gasteiger partial charge in [0.15, 0.2) is 17.5 Å². The minimum absolute atomic E-state index is 0.631. The van der Waals surface area contributed by atoms with E-state index in [2.05, 4.69) is 17.6 Å². The standard InChI is InChI=1S/C19H31N3O3S/c1-5-20-19(22-13-15-7-6-12-26-15)21-11-10-14-8-9-16(23-2)18(25-4)17(14)24-3/h8-9,15H,5-7,10-13H2,1-4H3,(H2,20,21,22). The van der Waals surface area contributed by atoms with E-state index in [-0.39, 0.29) is 0 Å². The number of ether oxygens (including phenoxy) is 3. The van der Waals surface area contributed by atoms with Gasteiger partial charge in [0.2, 0.25) is 5.75 Å². The first kappa shape index (κ1) is 20.6. The summed E-state index contributed by atoms with van der Waals surface area (Å²) in [6.07, 6.45) is 3.39. The van der Waals surface area contributed by atoms with Crippen molar-refractivity contribution in [2.45, 2.75) is 31.4 Å². The highest BCUT2D eigenvalue weighted by molar-refractivity contribution is 8.00. The second kappa shape index (κ2) is 11.1. The molecule has 0 bridgehead atoms. The van der Waals surface area contributed by atoms with Crippen molar-refractivity contribution in [1.29, 1.82) is 0 Å². The third-order valence-electron chi connectivity index (χ3n) is 4.29. The number of nitrogens with zero attached hydrogens (tertiary/aromatic N) is 1. The van der Waals surface area contributed by atoms with Gasteiger partial charge in [-0.25, -0.2) is 0 Å². The Balaban J connectivity index is 1.96. The van der Waals surface area contributed by atoms with E-state index >= 15 is 0 Å². The summed E-state index contributed by atoms with van der Waals surface area (Å²) in [4.78, 5) is 4.73. The topological polar surface area (TPSA) is 64.1 Å². The smallest absolute Gasteiger partial charge is 0.203 e. The Morgan fingerprint density at radius 3 is 2.58 bits per heavy atom. The number of benzene rings is 1. The quantitative estimate of drug-likeness (QED) is 0.507. The first-order chi connectivity index (χ1) is 12.7. The largest absolute Gasteiger partial charge is 0.493 e.